The van der Waals surface area contributed by atoms with Crippen LogP contribution in [-0.2, 0) is 89.3 Å². The quantitative estimate of drug-likeness (QED) is 0.0486. The molecular weight excluding hydrogens is 795 g/mol. The van der Waals surface area contributed by atoms with E-state index in [1.165, 1.54) is 0 Å². The number of aromatic nitrogens is 3. The number of rotatable bonds is 29. The summed E-state index contributed by atoms with van der Waals surface area (Å²) in [7, 11) is -8.38. The standard InChI is InChI=1S/C28H49N3O16P2.C3H8O2P/c1-6-40-17-11-23(32)41-18-14-29-26(35)30(15-19-42-24(33)12-21-48(38,44-7-2)45-8-3)28(37)31(27(29)36)16-20-43-25(34)13-22-49(39,46-9-4)47-10-5;1-3-5-6(2)4/h6-22H2,1-5H3;3H2,1-2H3/q;+1. The van der Waals surface area contributed by atoms with Crippen LogP contribution in [0.2, 0.25) is 0 Å². The molecule has 0 bridgehead atoms. The third-order valence-electron chi connectivity index (χ3n) is 6.57. The molecule has 0 spiro atoms. The van der Waals surface area contributed by atoms with Crippen molar-refractivity contribution in [2.24, 2.45) is 0 Å². The van der Waals surface area contributed by atoms with Crippen LogP contribution in [0.4, 0.5) is 0 Å². The molecule has 1 unspecified atom stereocenters. The van der Waals surface area contributed by atoms with Crippen molar-refractivity contribution in [3.8, 4) is 0 Å². The summed E-state index contributed by atoms with van der Waals surface area (Å²) < 4.78 is 82.6. The van der Waals surface area contributed by atoms with Gasteiger partial charge in [0.15, 0.2) is 6.66 Å². The van der Waals surface area contributed by atoms with Gasteiger partial charge in [0.25, 0.3) is 0 Å². The van der Waals surface area contributed by atoms with Crippen molar-refractivity contribution >= 4 is 41.1 Å². The first-order valence-electron chi connectivity index (χ1n) is 17.9. The van der Waals surface area contributed by atoms with E-state index in [0.29, 0.717) is 26.9 Å². The molecule has 1 aromatic heterocycles. The van der Waals surface area contributed by atoms with Gasteiger partial charge in [-0.25, -0.2) is 28.1 Å². The Morgan fingerprint density at radius 2 is 0.855 bits per heavy atom. The minimum atomic E-state index is -3.51. The average molecular weight is 853 g/mol. The highest BCUT2D eigenvalue weighted by Crippen LogP contribution is 2.49. The van der Waals surface area contributed by atoms with Crippen LogP contribution >= 0.6 is 23.2 Å². The van der Waals surface area contributed by atoms with Gasteiger partial charge in [0, 0.05) is 6.61 Å². The van der Waals surface area contributed by atoms with Crippen LogP contribution in [0.15, 0.2) is 14.4 Å². The minimum Gasteiger partial charge on any atom is -0.464 e. The molecule has 1 rings (SSSR count). The summed E-state index contributed by atoms with van der Waals surface area (Å²) >= 11 is 0. The molecule has 0 saturated carbocycles. The van der Waals surface area contributed by atoms with Crippen LogP contribution in [0.25, 0.3) is 0 Å². The highest BCUT2D eigenvalue weighted by Gasteiger charge is 2.26. The molecule has 0 radical (unpaired) electrons. The zero-order valence-electron chi connectivity index (χ0n) is 32.8. The predicted octanol–water partition coefficient (Wildman–Crippen LogP) is 2.94. The van der Waals surface area contributed by atoms with E-state index in [1.807, 2.05) is 6.92 Å². The van der Waals surface area contributed by atoms with Gasteiger partial charge < -0.3 is 37.0 Å². The Hall–Kier alpha value is -2.86. The van der Waals surface area contributed by atoms with Gasteiger partial charge in [0.2, 0.25) is 0 Å². The minimum absolute atomic E-state index is 0.0572. The number of hydrogen-bond acceptors (Lipinski definition) is 18. The highest BCUT2D eigenvalue weighted by molar-refractivity contribution is 7.54. The summed E-state index contributed by atoms with van der Waals surface area (Å²) in [6.45, 7) is 10.4. The van der Waals surface area contributed by atoms with Crippen LogP contribution in [-0.4, -0.2) is 117 Å². The molecule has 55 heavy (non-hydrogen) atoms. The van der Waals surface area contributed by atoms with Gasteiger partial charge in [0.05, 0.1) is 90.9 Å². The Morgan fingerprint density at radius 3 is 1.11 bits per heavy atom. The lowest BCUT2D eigenvalue weighted by molar-refractivity contribution is -0.145. The van der Waals surface area contributed by atoms with E-state index < -0.39 is 91.0 Å². The summed E-state index contributed by atoms with van der Waals surface area (Å²) in [4.78, 5) is 76.2. The summed E-state index contributed by atoms with van der Waals surface area (Å²) in [5, 5.41) is 0. The van der Waals surface area contributed by atoms with E-state index >= 15 is 0 Å². The van der Waals surface area contributed by atoms with Gasteiger partial charge in [-0.2, -0.15) is 0 Å². The van der Waals surface area contributed by atoms with E-state index in [0.717, 1.165) is 0 Å². The number of esters is 3. The van der Waals surface area contributed by atoms with Crippen LogP contribution in [0.5, 0.6) is 0 Å². The lowest BCUT2D eigenvalue weighted by Crippen LogP contribution is -2.55. The Labute approximate surface area is 321 Å². The molecule has 0 N–H and O–H groups in total. The summed E-state index contributed by atoms with van der Waals surface area (Å²) in [6.07, 6.45) is -1.22. The molecule has 0 saturated heterocycles. The topological polar surface area (TPSA) is 251 Å². The van der Waals surface area contributed by atoms with E-state index in [-0.39, 0.29) is 71.2 Å². The number of carbonyl (C=O) groups excluding carboxylic acids is 3. The Morgan fingerprint density at radius 1 is 0.527 bits per heavy atom. The van der Waals surface area contributed by atoms with Crippen molar-refractivity contribution in [1.29, 1.82) is 0 Å². The van der Waals surface area contributed by atoms with Crippen LogP contribution in [0.3, 0.4) is 0 Å². The maximum absolute atomic E-state index is 13.2. The van der Waals surface area contributed by atoms with Crippen molar-refractivity contribution in [2.75, 3.05) is 85.1 Å². The Balaban J connectivity index is 0.00000447. The molecule has 0 aromatic carbocycles. The van der Waals surface area contributed by atoms with Gasteiger partial charge in [-0.1, -0.05) is 0 Å². The fourth-order valence-corrected chi connectivity index (χ4v) is 7.80. The molecule has 1 atom stereocenters. The zero-order chi connectivity index (χ0) is 41.9. The summed E-state index contributed by atoms with van der Waals surface area (Å²) in [5.74, 6) is -2.23. The molecule has 0 fully saturated rings. The first-order valence-corrected chi connectivity index (χ1v) is 22.9. The van der Waals surface area contributed by atoms with Gasteiger partial charge >= 0.3 is 58.2 Å². The monoisotopic (exact) mass is 852 g/mol. The largest absolute Gasteiger partial charge is 0.504 e. The number of carbonyl (C=O) groups is 3. The maximum Gasteiger partial charge on any atom is 0.504 e. The van der Waals surface area contributed by atoms with E-state index in [4.69, 9.17) is 37.0 Å². The number of ether oxygens (including phenoxy) is 4. The molecular formula is C31H57N3O18P3+. The number of nitrogens with zero attached hydrogens (tertiary/aromatic N) is 3. The van der Waals surface area contributed by atoms with Crippen LogP contribution in [0, 0.1) is 0 Å². The van der Waals surface area contributed by atoms with Gasteiger partial charge in [0.1, 0.15) is 19.8 Å². The molecule has 24 heteroatoms. The lowest BCUT2D eigenvalue weighted by Gasteiger charge is -2.17. The zero-order valence-corrected chi connectivity index (χ0v) is 35.4. The SMILES string of the molecule is CCOCCC(=O)OCCn1c(=O)n(CCOC(=O)CCP(=O)(OCC)OCC)c(=O)n(CCOC(=O)CCP(=O)(OCC)OCC)c1=O.CCO[P+](C)=O. The predicted molar refractivity (Wildman–Crippen MR) is 199 cm³/mol. The van der Waals surface area contributed by atoms with E-state index in [9.17, 15) is 42.5 Å². The van der Waals surface area contributed by atoms with Crippen molar-refractivity contribution < 1.29 is 69.6 Å². The third kappa shape index (κ3) is 21.9. The van der Waals surface area contributed by atoms with Crippen LogP contribution in [0.1, 0.15) is 60.8 Å². The number of hydrogen-bond donors (Lipinski definition) is 0. The summed E-state index contributed by atoms with van der Waals surface area (Å²) in [5.41, 5.74) is -3.21. The van der Waals surface area contributed by atoms with Crippen molar-refractivity contribution in [1.82, 2.24) is 13.7 Å². The van der Waals surface area contributed by atoms with Gasteiger partial charge in [-0.3, -0.25) is 23.5 Å². The Kier molecular flexibility index (Phi) is 27.9. The fraction of sp³-hybridized carbons (Fsp3) is 0.806. The normalized spacial score (nSPS) is 11.7. The smallest absolute Gasteiger partial charge is 0.464 e. The third-order valence-corrected chi connectivity index (χ3v) is 11.3. The van der Waals surface area contributed by atoms with Gasteiger partial charge in [-0.05, 0) is 46.1 Å². The first-order chi connectivity index (χ1) is 26.1. The highest BCUT2D eigenvalue weighted by atomic mass is 31.2. The molecule has 21 nitrogen and oxygen atoms in total. The maximum atomic E-state index is 13.2. The van der Waals surface area contributed by atoms with Crippen molar-refractivity contribution in [3.63, 3.8) is 0 Å². The fourth-order valence-electron chi connectivity index (χ4n) is 4.28. The first kappa shape index (κ1) is 52.1. The van der Waals surface area contributed by atoms with E-state index in [2.05, 4.69) is 4.52 Å². The molecule has 318 valence electrons. The lowest BCUT2D eigenvalue weighted by atomic mass is 10.4. The van der Waals surface area contributed by atoms with Crippen molar-refractivity contribution in [3.05, 3.63) is 31.5 Å². The molecule has 1 aromatic rings. The average Bonchev–Trinajstić information content (AvgIpc) is 3.11. The molecule has 0 aliphatic rings. The van der Waals surface area contributed by atoms with Gasteiger partial charge in [-0.15, -0.1) is 4.52 Å². The molecule has 0 aliphatic carbocycles. The Bertz CT molecular complexity index is 1500. The van der Waals surface area contributed by atoms with Crippen LogP contribution < -0.4 is 17.1 Å². The second kappa shape index (κ2) is 29.4. The summed E-state index contributed by atoms with van der Waals surface area (Å²) in [6, 6.07) is 0. The molecule has 0 aliphatic heterocycles. The van der Waals surface area contributed by atoms with E-state index in [1.54, 1.807) is 41.3 Å². The second-order valence-corrected chi connectivity index (χ2v) is 16.1. The second-order valence-electron chi connectivity index (χ2n) is 10.6. The molecule has 0 amide bonds. The van der Waals surface area contributed by atoms with Crippen molar-refractivity contribution in [2.45, 2.75) is 80.4 Å². The molecule has 1 heterocycles.